The van der Waals surface area contributed by atoms with Crippen molar-refractivity contribution in [3.8, 4) is 0 Å². The second-order valence-corrected chi connectivity index (χ2v) is 5.37. The lowest BCUT2D eigenvalue weighted by Crippen LogP contribution is -2.50. The average molecular weight is 213 g/mol. The quantitative estimate of drug-likeness (QED) is 0.630. The van der Waals surface area contributed by atoms with Gasteiger partial charge in [0.1, 0.15) is 0 Å². The highest BCUT2D eigenvalue weighted by Crippen LogP contribution is 2.38. The number of rotatable bonds is 0. The fraction of sp³-hybridized carbons (Fsp3) is 1.00. The Bertz CT molecular complexity index is 269. The molecule has 0 aliphatic carbocycles. The van der Waals surface area contributed by atoms with Gasteiger partial charge in [-0.15, -0.1) is 0 Å². The van der Waals surface area contributed by atoms with Crippen LogP contribution in [0, 0.1) is 0 Å². The van der Waals surface area contributed by atoms with Crippen molar-refractivity contribution in [2.75, 3.05) is 13.1 Å². The van der Waals surface area contributed by atoms with Gasteiger partial charge < -0.3 is 14.6 Å². The van der Waals surface area contributed by atoms with Gasteiger partial charge in [-0.3, -0.25) is 4.90 Å². The molecule has 3 aliphatic heterocycles. The molecule has 3 fully saturated rings. The van der Waals surface area contributed by atoms with Crippen LogP contribution in [0.25, 0.3) is 0 Å². The van der Waals surface area contributed by atoms with Gasteiger partial charge in [0.25, 0.3) is 0 Å². The molecule has 0 aromatic rings. The standard InChI is InChI=1S/C11H19NO3/c1-11(2)14-9-5-7-8(13)3-4-12(7)6-10(9)15-11/h7-10,13H,3-6H2,1-2H3/t7-,8-,9+,10-/m1/s1. The van der Waals surface area contributed by atoms with E-state index in [1.807, 2.05) is 13.8 Å². The first-order valence-electron chi connectivity index (χ1n) is 5.83. The van der Waals surface area contributed by atoms with Crippen molar-refractivity contribution in [2.24, 2.45) is 0 Å². The summed E-state index contributed by atoms with van der Waals surface area (Å²) in [6, 6.07) is 0.295. The molecule has 86 valence electrons. The van der Waals surface area contributed by atoms with E-state index in [0.717, 1.165) is 25.9 Å². The molecule has 3 rings (SSSR count). The SMILES string of the molecule is CC1(C)O[C@H]2C[C@@H]3[C@H](O)CCN3C[C@H]2O1. The summed E-state index contributed by atoms with van der Waals surface area (Å²) in [7, 11) is 0. The van der Waals surface area contributed by atoms with Crippen LogP contribution in [0.15, 0.2) is 0 Å². The lowest BCUT2D eigenvalue weighted by molar-refractivity contribution is -0.145. The minimum atomic E-state index is -0.444. The Balaban J connectivity index is 1.75. The normalized spacial score (nSPS) is 49.0. The number of aliphatic hydroxyl groups excluding tert-OH is 1. The average Bonchev–Trinajstić information content (AvgIpc) is 2.62. The van der Waals surface area contributed by atoms with Crippen LogP contribution in [-0.4, -0.2) is 53.2 Å². The summed E-state index contributed by atoms with van der Waals surface area (Å²) in [5, 5.41) is 9.84. The number of piperidine rings is 1. The number of nitrogens with zero attached hydrogens (tertiary/aromatic N) is 1. The van der Waals surface area contributed by atoms with Crippen LogP contribution in [0.3, 0.4) is 0 Å². The zero-order chi connectivity index (χ0) is 10.6. The molecule has 0 aromatic heterocycles. The first-order chi connectivity index (χ1) is 7.05. The minimum absolute atomic E-state index is 0.168. The Morgan fingerprint density at radius 1 is 1.27 bits per heavy atom. The second-order valence-electron chi connectivity index (χ2n) is 5.37. The highest BCUT2D eigenvalue weighted by atomic mass is 16.8. The van der Waals surface area contributed by atoms with Gasteiger partial charge in [0.2, 0.25) is 0 Å². The molecule has 0 saturated carbocycles. The minimum Gasteiger partial charge on any atom is -0.391 e. The molecule has 0 amide bonds. The third-order valence-corrected chi connectivity index (χ3v) is 3.80. The van der Waals surface area contributed by atoms with E-state index < -0.39 is 5.79 Å². The van der Waals surface area contributed by atoms with Crippen molar-refractivity contribution in [1.82, 2.24) is 4.90 Å². The number of ether oxygens (including phenoxy) is 2. The number of hydrogen-bond donors (Lipinski definition) is 1. The Morgan fingerprint density at radius 3 is 2.80 bits per heavy atom. The van der Waals surface area contributed by atoms with E-state index in [0.29, 0.717) is 6.04 Å². The third-order valence-electron chi connectivity index (χ3n) is 3.80. The van der Waals surface area contributed by atoms with Crippen LogP contribution in [0.4, 0.5) is 0 Å². The van der Waals surface area contributed by atoms with E-state index >= 15 is 0 Å². The van der Waals surface area contributed by atoms with E-state index in [1.54, 1.807) is 0 Å². The summed E-state index contributed by atoms with van der Waals surface area (Å²) in [5.74, 6) is -0.444. The molecule has 3 saturated heterocycles. The molecule has 1 N–H and O–H groups in total. The molecule has 0 radical (unpaired) electrons. The summed E-state index contributed by atoms with van der Waals surface area (Å²) in [6.07, 6.45) is 2.01. The molecule has 0 aromatic carbocycles. The molecule has 3 heterocycles. The van der Waals surface area contributed by atoms with Crippen LogP contribution in [0.1, 0.15) is 26.7 Å². The van der Waals surface area contributed by atoms with Crippen LogP contribution >= 0.6 is 0 Å². The van der Waals surface area contributed by atoms with E-state index in [4.69, 9.17) is 9.47 Å². The van der Waals surface area contributed by atoms with E-state index in [9.17, 15) is 5.11 Å². The van der Waals surface area contributed by atoms with E-state index in [-0.39, 0.29) is 18.3 Å². The molecule has 0 bridgehead atoms. The maximum Gasteiger partial charge on any atom is 0.163 e. The van der Waals surface area contributed by atoms with Gasteiger partial charge in [0, 0.05) is 19.1 Å². The van der Waals surface area contributed by atoms with Crippen LogP contribution in [-0.2, 0) is 9.47 Å². The molecule has 3 aliphatic rings. The van der Waals surface area contributed by atoms with Crippen molar-refractivity contribution in [1.29, 1.82) is 0 Å². The van der Waals surface area contributed by atoms with Crippen LogP contribution < -0.4 is 0 Å². The summed E-state index contributed by atoms with van der Waals surface area (Å²) in [5.41, 5.74) is 0. The second kappa shape index (κ2) is 3.17. The fourth-order valence-corrected chi connectivity index (χ4v) is 3.17. The van der Waals surface area contributed by atoms with E-state index in [2.05, 4.69) is 4.90 Å². The van der Waals surface area contributed by atoms with Gasteiger partial charge >= 0.3 is 0 Å². The number of hydrogen-bond acceptors (Lipinski definition) is 4. The maximum absolute atomic E-state index is 9.84. The zero-order valence-corrected chi connectivity index (χ0v) is 9.35. The fourth-order valence-electron chi connectivity index (χ4n) is 3.17. The predicted octanol–water partition coefficient (Wildman–Crippen LogP) is 0.345. The Hall–Kier alpha value is -0.160. The zero-order valence-electron chi connectivity index (χ0n) is 9.35. The summed E-state index contributed by atoms with van der Waals surface area (Å²) < 4.78 is 11.7. The van der Waals surface area contributed by atoms with Crippen molar-refractivity contribution in [3.63, 3.8) is 0 Å². The van der Waals surface area contributed by atoms with Gasteiger partial charge in [-0.05, 0) is 26.7 Å². The summed E-state index contributed by atoms with van der Waals surface area (Å²) in [4.78, 5) is 2.34. The van der Waals surface area contributed by atoms with Gasteiger partial charge in [0.15, 0.2) is 5.79 Å². The molecule has 0 spiro atoms. The summed E-state index contributed by atoms with van der Waals surface area (Å²) >= 11 is 0. The lowest BCUT2D eigenvalue weighted by atomic mass is 9.96. The topological polar surface area (TPSA) is 41.9 Å². The smallest absolute Gasteiger partial charge is 0.163 e. The first kappa shape index (κ1) is 10.0. The van der Waals surface area contributed by atoms with E-state index in [1.165, 1.54) is 0 Å². The number of fused-ring (bicyclic) bond motifs is 2. The monoisotopic (exact) mass is 213 g/mol. The molecule has 4 atom stereocenters. The van der Waals surface area contributed by atoms with Crippen molar-refractivity contribution < 1.29 is 14.6 Å². The number of aliphatic hydroxyl groups is 1. The molecule has 0 unspecified atom stereocenters. The Labute approximate surface area is 90.2 Å². The molecule has 4 nitrogen and oxygen atoms in total. The highest BCUT2D eigenvalue weighted by molar-refractivity contribution is 4.99. The van der Waals surface area contributed by atoms with Crippen molar-refractivity contribution in [3.05, 3.63) is 0 Å². The van der Waals surface area contributed by atoms with Gasteiger partial charge in [-0.2, -0.15) is 0 Å². The lowest BCUT2D eigenvalue weighted by Gasteiger charge is -2.36. The van der Waals surface area contributed by atoms with Gasteiger partial charge in [-0.1, -0.05) is 0 Å². The van der Waals surface area contributed by atoms with Crippen LogP contribution in [0.5, 0.6) is 0 Å². The van der Waals surface area contributed by atoms with Gasteiger partial charge in [0.05, 0.1) is 18.3 Å². The highest BCUT2D eigenvalue weighted by Gasteiger charge is 2.49. The molecule has 4 heteroatoms. The third kappa shape index (κ3) is 1.60. The first-order valence-corrected chi connectivity index (χ1v) is 5.83. The molecular weight excluding hydrogens is 194 g/mol. The molecular formula is C11H19NO3. The van der Waals surface area contributed by atoms with Crippen molar-refractivity contribution in [2.45, 2.75) is 56.8 Å². The summed E-state index contributed by atoms with van der Waals surface area (Å²) in [6.45, 7) is 5.84. The maximum atomic E-state index is 9.84. The van der Waals surface area contributed by atoms with Crippen molar-refractivity contribution >= 4 is 0 Å². The Morgan fingerprint density at radius 2 is 2.00 bits per heavy atom. The van der Waals surface area contributed by atoms with Gasteiger partial charge in [-0.25, -0.2) is 0 Å². The van der Waals surface area contributed by atoms with Crippen LogP contribution in [0.2, 0.25) is 0 Å². The molecule has 15 heavy (non-hydrogen) atoms. The largest absolute Gasteiger partial charge is 0.391 e. The predicted molar refractivity (Wildman–Crippen MR) is 54.4 cm³/mol. The Kier molecular flexibility index (Phi) is 2.12.